The van der Waals surface area contributed by atoms with E-state index in [4.69, 9.17) is 0 Å². The number of rotatable bonds is 7. The minimum Gasteiger partial charge on any atom is -0.394 e. The van der Waals surface area contributed by atoms with Gasteiger partial charge in [0.2, 0.25) is 5.95 Å². The van der Waals surface area contributed by atoms with E-state index >= 15 is 0 Å². The molecule has 0 radical (unpaired) electrons. The highest BCUT2D eigenvalue weighted by Gasteiger charge is 2.33. The van der Waals surface area contributed by atoms with E-state index < -0.39 is 11.7 Å². The van der Waals surface area contributed by atoms with Crippen LogP contribution in [0.25, 0.3) is 11.4 Å². The molecule has 0 aliphatic rings. The van der Waals surface area contributed by atoms with E-state index in [1.54, 1.807) is 30.5 Å². The van der Waals surface area contributed by atoms with Crippen molar-refractivity contribution in [1.82, 2.24) is 15.0 Å². The molecule has 0 saturated carbocycles. The van der Waals surface area contributed by atoms with Crippen LogP contribution in [0.2, 0.25) is 0 Å². The van der Waals surface area contributed by atoms with Crippen molar-refractivity contribution in [2.75, 3.05) is 17.2 Å². The number of pyridine rings is 1. The van der Waals surface area contributed by atoms with E-state index in [2.05, 4.69) is 25.6 Å². The zero-order valence-corrected chi connectivity index (χ0v) is 17.4. The Morgan fingerprint density at radius 1 is 1.03 bits per heavy atom. The fraction of sp³-hybridized carbons (Fsp3) is 0.318. The first-order valence-corrected chi connectivity index (χ1v) is 9.80. The Hall–Kier alpha value is -3.20. The number of aliphatic hydroxyl groups is 1. The predicted molar refractivity (Wildman–Crippen MR) is 114 cm³/mol. The third kappa shape index (κ3) is 5.49. The monoisotopic (exact) mass is 431 g/mol. The highest BCUT2D eigenvalue weighted by molar-refractivity contribution is 5.67. The Kier molecular flexibility index (Phi) is 6.74. The molecule has 0 saturated heterocycles. The molecule has 0 aliphatic carbocycles. The summed E-state index contributed by atoms with van der Waals surface area (Å²) in [5.41, 5.74) is 0.717. The maximum absolute atomic E-state index is 13.3. The van der Waals surface area contributed by atoms with Crippen molar-refractivity contribution >= 4 is 17.5 Å². The SMILES string of the molecule is Cc1c(Nc2cc(-c3ccccn3)nc(N[C@@H](CO)C(C)C)n2)cccc1C(F)(F)F. The Morgan fingerprint density at radius 2 is 1.81 bits per heavy atom. The lowest BCUT2D eigenvalue weighted by Crippen LogP contribution is -2.30. The molecule has 0 unspecified atom stereocenters. The van der Waals surface area contributed by atoms with Crippen LogP contribution in [0, 0.1) is 12.8 Å². The zero-order chi connectivity index (χ0) is 22.6. The first kappa shape index (κ1) is 22.5. The Balaban J connectivity index is 2.03. The number of aromatic nitrogens is 3. The number of halogens is 3. The van der Waals surface area contributed by atoms with Gasteiger partial charge in [0.25, 0.3) is 0 Å². The Labute approximate surface area is 178 Å². The van der Waals surface area contributed by atoms with Crippen LogP contribution < -0.4 is 10.6 Å². The molecule has 0 aliphatic heterocycles. The van der Waals surface area contributed by atoms with Gasteiger partial charge in [-0.15, -0.1) is 0 Å². The summed E-state index contributed by atoms with van der Waals surface area (Å²) in [5.74, 6) is 0.651. The molecule has 3 aromatic rings. The lowest BCUT2D eigenvalue weighted by molar-refractivity contribution is -0.138. The van der Waals surface area contributed by atoms with Gasteiger partial charge in [-0.3, -0.25) is 4.98 Å². The fourth-order valence-electron chi connectivity index (χ4n) is 3.03. The number of benzene rings is 1. The van der Waals surface area contributed by atoms with E-state index in [0.717, 1.165) is 6.07 Å². The molecule has 2 heterocycles. The maximum Gasteiger partial charge on any atom is 0.416 e. The highest BCUT2D eigenvalue weighted by Crippen LogP contribution is 2.35. The van der Waals surface area contributed by atoms with Crippen LogP contribution in [0.3, 0.4) is 0 Å². The number of anilines is 3. The molecule has 0 bridgehead atoms. The van der Waals surface area contributed by atoms with Crippen molar-refractivity contribution < 1.29 is 18.3 Å². The van der Waals surface area contributed by atoms with Gasteiger partial charge in [0.05, 0.1) is 29.6 Å². The van der Waals surface area contributed by atoms with E-state index in [9.17, 15) is 18.3 Å². The molecule has 164 valence electrons. The number of alkyl halides is 3. The molecule has 31 heavy (non-hydrogen) atoms. The Bertz CT molecular complexity index is 1030. The molecular formula is C22H24F3N5O. The normalized spacial score (nSPS) is 12.6. The van der Waals surface area contributed by atoms with Gasteiger partial charge in [-0.05, 0) is 42.7 Å². The molecule has 3 N–H and O–H groups in total. The third-order valence-electron chi connectivity index (χ3n) is 4.87. The fourth-order valence-corrected chi connectivity index (χ4v) is 3.03. The number of hydrogen-bond donors (Lipinski definition) is 3. The molecule has 3 rings (SSSR count). The average molecular weight is 431 g/mol. The molecule has 0 spiro atoms. The zero-order valence-electron chi connectivity index (χ0n) is 17.4. The van der Waals surface area contributed by atoms with Crippen molar-refractivity contribution in [3.8, 4) is 11.4 Å². The van der Waals surface area contributed by atoms with Crippen molar-refractivity contribution in [3.05, 3.63) is 59.8 Å². The number of hydrogen-bond acceptors (Lipinski definition) is 6. The summed E-state index contributed by atoms with van der Waals surface area (Å²) in [4.78, 5) is 13.2. The van der Waals surface area contributed by atoms with Crippen LogP contribution in [-0.4, -0.2) is 32.7 Å². The summed E-state index contributed by atoms with van der Waals surface area (Å²) in [5, 5.41) is 15.7. The van der Waals surface area contributed by atoms with Crippen molar-refractivity contribution in [1.29, 1.82) is 0 Å². The van der Waals surface area contributed by atoms with Gasteiger partial charge in [-0.1, -0.05) is 26.0 Å². The molecule has 9 heteroatoms. The quantitative estimate of drug-likeness (QED) is 0.486. The second-order valence-electron chi connectivity index (χ2n) is 7.46. The summed E-state index contributed by atoms with van der Waals surface area (Å²) in [7, 11) is 0. The van der Waals surface area contributed by atoms with Gasteiger partial charge in [0.1, 0.15) is 5.82 Å². The van der Waals surface area contributed by atoms with Crippen LogP contribution in [0.15, 0.2) is 48.7 Å². The molecule has 0 amide bonds. The molecular weight excluding hydrogens is 407 g/mol. The van der Waals surface area contributed by atoms with Gasteiger partial charge < -0.3 is 15.7 Å². The van der Waals surface area contributed by atoms with Crippen molar-refractivity contribution in [2.45, 2.75) is 33.0 Å². The van der Waals surface area contributed by atoms with Crippen molar-refractivity contribution in [2.24, 2.45) is 5.92 Å². The molecule has 1 atom stereocenters. The smallest absolute Gasteiger partial charge is 0.394 e. The minimum absolute atomic E-state index is 0.0675. The van der Waals surface area contributed by atoms with Gasteiger partial charge in [0, 0.05) is 18.0 Å². The second-order valence-corrected chi connectivity index (χ2v) is 7.46. The van der Waals surface area contributed by atoms with Crippen molar-refractivity contribution in [3.63, 3.8) is 0 Å². The van der Waals surface area contributed by atoms with Crippen LogP contribution in [0.5, 0.6) is 0 Å². The van der Waals surface area contributed by atoms with Crippen LogP contribution in [0.4, 0.5) is 30.6 Å². The highest BCUT2D eigenvalue weighted by atomic mass is 19.4. The van der Waals surface area contributed by atoms with E-state index in [-0.39, 0.29) is 35.8 Å². The van der Waals surface area contributed by atoms with Gasteiger partial charge >= 0.3 is 6.18 Å². The lowest BCUT2D eigenvalue weighted by atomic mass is 10.1. The number of nitrogens with zero attached hydrogens (tertiary/aromatic N) is 3. The predicted octanol–water partition coefficient (Wildman–Crippen LogP) is 5.04. The number of nitrogens with one attached hydrogen (secondary N) is 2. The third-order valence-corrected chi connectivity index (χ3v) is 4.87. The summed E-state index contributed by atoms with van der Waals surface area (Å²) >= 11 is 0. The molecule has 0 fully saturated rings. The van der Waals surface area contributed by atoms with Crippen LogP contribution in [-0.2, 0) is 6.18 Å². The summed E-state index contributed by atoms with van der Waals surface area (Å²) < 4.78 is 39.8. The number of aliphatic hydroxyl groups excluding tert-OH is 1. The first-order chi connectivity index (χ1) is 14.7. The maximum atomic E-state index is 13.3. The summed E-state index contributed by atoms with van der Waals surface area (Å²) in [6.45, 7) is 5.18. The average Bonchev–Trinajstić information content (AvgIpc) is 2.73. The van der Waals surface area contributed by atoms with E-state index in [1.807, 2.05) is 19.9 Å². The summed E-state index contributed by atoms with van der Waals surface area (Å²) in [6, 6.07) is 10.6. The van der Waals surface area contributed by atoms with Crippen LogP contribution in [0.1, 0.15) is 25.0 Å². The topological polar surface area (TPSA) is 83.0 Å². The molecule has 1 aromatic carbocycles. The standard InChI is InChI=1S/C22H24F3N5O/c1-13(2)19(12-31)29-21-28-18(17-8-4-5-10-26-17)11-20(30-21)27-16-9-6-7-15(14(16)3)22(23,24)25/h4-11,13,19,31H,12H2,1-3H3,(H2,27,28,29,30)/t19-/m0/s1. The van der Waals surface area contributed by atoms with E-state index in [1.165, 1.54) is 13.0 Å². The van der Waals surface area contributed by atoms with Gasteiger partial charge in [-0.2, -0.15) is 18.2 Å². The molecule has 6 nitrogen and oxygen atoms in total. The largest absolute Gasteiger partial charge is 0.416 e. The molecule has 2 aromatic heterocycles. The van der Waals surface area contributed by atoms with E-state index in [0.29, 0.717) is 17.2 Å². The van der Waals surface area contributed by atoms with Gasteiger partial charge in [-0.25, -0.2) is 4.98 Å². The van der Waals surface area contributed by atoms with Gasteiger partial charge in [0.15, 0.2) is 0 Å². The Morgan fingerprint density at radius 3 is 2.42 bits per heavy atom. The minimum atomic E-state index is -4.45. The van der Waals surface area contributed by atoms with Crippen LogP contribution >= 0.6 is 0 Å². The summed E-state index contributed by atoms with van der Waals surface area (Å²) in [6.07, 6.45) is -2.83. The second kappa shape index (κ2) is 9.30. The lowest BCUT2D eigenvalue weighted by Gasteiger charge is -2.21. The first-order valence-electron chi connectivity index (χ1n) is 9.80.